The van der Waals surface area contributed by atoms with E-state index in [1.807, 2.05) is 6.92 Å². The number of aliphatic hydroxyl groups excluding tert-OH is 1. The number of piperazine rings is 1. The van der Waals surface area contributed by atoms with Gasteiger partial charge in [-0.2, -0.15) is 13.2 Å². The highest BCUT2D eigenvalue weighted by Crippen LogP contribution is 2.12. The number of hydrogen-bond acceptors (Lipinski definition) is 4. The Morgan fingerprint density at radius 3 is 2.43 bits per heavy atom. The molecule has 1 amide bonds. The summed E-state index contributed by atoms with van der Waals surface area (Å²) in [6, 6.07) is 0. The monoisotopic (exact) mass is 311 g/mol. The fraction of sp³-hybridized carbons (Fsp3) is 0.923. The predicted octanol–water partition coefficient (Wildman–Crippen LogP) is 0.443. The van der Waals surface area contributed by atoms with Crippen LogP contribution in [0, 0.1) is 0 Å². The smallest absolute Gasteiger partial charge is 0.392 e. The second kappa shape index (κ2) is 8.55. The molecule has 0 spiro atoms. The molecule has 0 aromatic rings. The van der Waals surface area contributed by atoms with E-state index in [0.29, 0.717) is 39.1 Å². The van der Waals surface area contributed by atoms with Crippen molar-refractivity contribution in [3.05, 3.63) is 0 Å². The third-order valence-corrected chi connectivity index (χ3v) is 3.51. The van der Waals surface area contributed by atoms with Gasteiger partial charge in [0, 0.05) is 45.7 Å². The van der Waals surface area contributed by atoms with Crippen molar-refractivity contribution in [2.24, 2.45) is 0 Å². The van der Waals surface area contributed by atoms with E-state index in [2.05, 4.69) is 10.2 Å². The van der Waals surface area contributed by atoms with Crippen molar-refractivity contribution in [2.45, 2.75) is 32.0 Å². The zero-order chi connectivity index (χ0) is 15.9. The zero-order valence-corrected chi connectivity index (χ0v) is 12.3. The molecule has 8 heteroatoms. The van der Waals surface area contributed by atoms with Crippen molar-refractivity contribution in [3.63, 3.8) is 0 Å². The standard InChI is InChI=1S/C13H24F3N3O2/c1-2-11(20)9-18-5-7-19(8-6-18)12(21)3-4-17-10-13(14,15)16/h11,17,20H,2-10H2,1H3. The van der Waals surface area contributed by atoms with Gasteiger partial charge in [-0.1, -0.05) is 6.92 Å². The molecular weight excluding hydrogens is 287 g/mol. The van der Waals surface area contributed by atoms with Gasteiger partial charge in [0.05, 0.1) is 12.6 Å². The van der Waals surface area contributed by atoms with Gasteiger partial charge in [0.25, 0.3) is 0 Å². The topological polar surface area (TPSA) is 55.8 Å². The van der Waals surface area contributed by atoms with E-state index < -0.39 is 12.7 Å². The Kier molecular flexibility index (Phi) is 7.41. The lowest BCUT2D eigenvalue weighted by Gasteiger charge is -2.35. The minimum Gasteiger partial charge on any atom is -0.392 e. The molecule has 2 N–H and O–H groups in total. The SMILES string of the molecule is CCC(O)CN1CCN(C(=O)CCNCC(F)(F)F)CC1. The fourth-order valence-electron chi connectivity index (χ4n) is 2.19. The van der Waals surface area contributed by atoms with Gasteiger partial charge in [-0.05, 0) is 6.42 Å². The normalized spacial score (nSPS) is 18.8. The number of aliphatic hydroxyl groups is 1. The highest BCUT2D eigenvalue weighted by Gasteiger charge is 2.26. The van der Waals surface area contributed by atoms with Crippen molar-refractivity contribution in [1.29, 1.82) is 0 Å². The van der Waals surface area contributed by atoms with E-state index in [-0.39, 0.29) is 25.0 Å². The molecule has 0 bridgehead atoms. The van der Waals surface area contributed by atoms with Crippen molar-refractivity contribution >= 4 is 5.91 Å². The van der Waals surface area contributed by atoms with Crippen LogP contribution >= 0.6 is 0 Å². The first-order valence-corrected chi connectivity index (χ1v) is 7.27. The van der Waals surface area contributed by atoms with Gasteiger partial charge in [-0.3, -0.25) is 9.69 Å². The number of nitrogens with zero attached hydrogens (tertiary/aromatic N) is 2. The van der Waals surface area contributed by atoms with Crippen molar-refractivity contribution in [3.8, 4) is 0 Å². The van der Waals surface area contributed by atoms with Crippen LogP contribution in [0.1, 0.15) is 19.8 Å². The van der Waals surface area contributed by atoms with E-state index in [1.165, 1.54) is 0 Å². The molecule has 0 aromatic carbocycles. The maximum atomic E-state index is 11.9. The van der Waals surface area contributed by atoms with Crippen LogP contribution in [0.15, 0.2) is 0 Å². The van der Waals surface area contributed by atoms with E-state index in [4.69, 9.17) is 0 Å². The Labute approximate surface area is 123 Å². The van der Waals surface area contributed by atoms with Crippen LogP contribution in [0.2, 0.25) is 0 Å². The molecule has 5 nitrogen and oxygen atoms in total. The Morgan fingerprint density at radius 2 is 1.90 bits per heavy atom. The van der Waals surface area contributed by atoms with Crippen molar-refractivity contribution < 1.29 is 23.1 Å². The molecule has 1 fully saturated rings. The minimum absolute atomic E-state index is 0.0348. The summed E-state index contributed by atoms with van der Waals surface area (Å²) in [5, 5.41) is 11.8. The molecule has 1 saturated heterocycles. The molecule has 1 heterocycles. The van der Waals surface area contributed by atoms with Crippen LogP contribution < -0.4 is 5.32 Å². The second-order valence-electron chi connectivity index (χ2n) is 5.29. The molecule has 0 saturated carbocycles. The summed E-state index contributed by atoms with van der Waals surface area (Å²) in [6.07, 6.45) is -3.81. The number of β-amino-alcohol motifs (C(OH)–C–C–N with tert-alkyl or cyclic N) is 1. The lowest BCUT2D eigenvalue weighted by atomic mass is 10.2. The number of rotatable bonds is 7. The fourth-order valence-corrected chi connectivity index (χ4v) is 2.19. The summed E-state index contributed by atoms with van der Waals surface area (Å²) in [7, 11) is 0. The molecule has 1 aliphatic rings. The van der Waals surface area contributed by atoms with Gasteiger partial charge in [0.1, 0.15) is 0 Å². The molecule has 0 aliphatic carbocycles. The Morgan fingerprint density at radius 1 is 1.29 bits per heavy atom. The lowest BCUT2D eigenvalue weighted by molar-refractivity contribution is -0.134. The van der Waals surface area contributed by atoms with Gasteiger partial charge >= 0.3 is 6.18 Å². The Bertz CT molecular complexity index is 318. The van der Waals surface area contributed by atoms with Crippen LogP contribution in [0.4, 0.5) is 13.2 Å². The van der Waals surface area contributed by atoms with Crippen LogP contribution in [0.25, 0.3) is 0 Å². The lowest BCUT2D eigenvalue weighted by Crippen LogP contribution is -2.50. The second-order valence-corrected chi connectivity index (χ2v) is 5.29. The van der Waals surface area contributed by atoms with Crippen LogP contribution in [0.5, 0.6) is 0 Å². The van der Waals surface area contributed by atoms with Gasteiger partial charge in [-0.15, -0.1) is 0 Å². The predicted molar refractivity (Wildman–Crippen MR) is 72.9 cm³/mol. The number of carbonyl (C=O) groups excluding carboxylic acids is 1. The van der Waals surface area contributed by atoms with E-state index >= 15 is 0 Å². The molecule has 124 valence electrons. The third kappa shape index (κ3) is 7.63. The van der Waals surface area contributed by atoms with Gasteiger partial charge < -0.3 is 15.3 Å². The molecule has 21 heavy (non-hydrogen) atoms. The quantitative estimate of drug-likeness (QED) is 0.670. The average Bonchev–Trinajstić information content (AvgIpc) is 2.43. The summed E-state index contributed by atoms with van der Waals surface area (Å²) in [5.74, 6) is -0.125. The largest absolute Gasteiger partial charge is 0.401 e. The first-order valence-electron chi connectivity index (χ1n) is 7.27. The Balaban J connectivity index is 2.17. The third-order valence-electron chi connectivity index (χ3n) is 3.51. The first kappa shape index (κ1) is 18.2. The highest BCUT2D eigenvalue weighted by molar-refractivity contribution is 5.76. The summed E-state index contributed by atoms with van der Waals surface area (Å²) >= 11 is 0. The number of amides is 1. The maximum absolute atomic E-state index is 11.9. The van der Waals surface area contributed by atoms with Gasteiger partial charge in [0.2, 0.25) is 5.91 Å². The van der Waals surface area contributed by atoms with Crippen molar-refractivity contribution in [1.82, 2.24) is 15.1 Å². The van der Waals surface area contributed by atoms with Gasteiger partial charge in [-0.25, -0.2) is 0 Å². The number of halogens is 3. The van der Waals surface area contributed by atoms with E-state index in [1.54, 1.807) is 4.90 Å². The molecule has 1 rings (SSSR count). The first-order chi connectivity index (χ1) is 9.81. The highest BCUT2D eigenvalue weighted by atomic mass is 19.4. The molecule has 0 aromatic heterocycles. The van der Waals surface area contributed by atoms with E-state index in [0.717, 1.165) is 0 Å². The molecule has 1 unspecified atom stereocenters. The molecule has 1 aliphatic heterocycles. The van der Waals surface area contributed by atoms with Crippen LogP contribution in [-0.2, 0) is 4.79 Å². The van der Waals surface area contributed by atoms with Crippen LogP contribution in [0.3, 0.4) is 0 Å². The molecular formula is C13H24F3N3O2. The summed E-state index contributed by atoms with van der Waals surface area (Å²) < 4.78 is 35.8. The van der Waals surface area contributed by atoms with E-state index in [9.17, 15) is 23.1 Å². The number of carbonyl (C=O) groups is 1. The zero-order valence-electron chi connectivity index (χ0n) is 12.3. The summed E-state index contributed by atoms with van der Waals surface area (Å²) in [4.78, 5) is 15.6. The summed E-state index contributed by atoms with van der Waals surface area (Å²) in [5.41, 5.74) is 0. The minimum atomic E-state index is -4.24. The summed E-state index contributed by atoms with van der Waals surface area (Å²) in [6.45, 7) is 4.00. The number of alkyl halides is 3. The maximum Gasteiger partial charge on any atom is 0.401 e. The number of hydrogen-bond donors (Lipinski definition) is 2. The molecule has 1 atom stereocenters. The average molecular weight is 311 g/mol. The van der Waals surface area contributed by atoms with Gasteiger partial charge in [0.15, 0.2) is 0 Å². The van der Waals surface area contributed by atoms with Crippen molar-refractivity contribution in [2.75, 3.05) is 45.8 Å². The molecule has 0 radical (unpaired) electrons. The Hall–Kier alpha value is -0.860. The van der Waals surface area contributed by atoms with Crippen LogP contribution in [-0.4, -0.2) is 78.9 Å². The number of nitrogens with one attached hydrogen (secondary N) is 1.